The summed E-state index contributed by atoms with van der Waals surface area (Å²) in [7, 11) is 3.84. The smallest absolute Gasteiger partial charge is 0.306 e. The first-order valence-electron chi connectivity index (χ1n) is 6.79. The number of carbonyl (C=O) groups excluding carboxylic acids is 1. The van der Waals surface area contributed by atoms with Crippen molar-refractivity contribution in [3.8, 4) is 0 Å². The fourth-order valence-electron chi connectivity index (χ4n) is 2.65. The molecule has 5 nitrogen and oxygen atoms in total. The molecule has 1 amide bonds. The summed E-state index contributed by atoms with van der Waals surface area (Å²) in [6.07, 6.45) is 1.67. The van der Waals surface area contributed by atoms with E-state index in [1.54, 1.807) is 0 Å². The molecule has 2 N–H and O–H groups in total. The van der Waals surface area contributed by atoms with Crippen LogP contribution in [-0.4, -0.2) is 31.1 Å². The molecule has 0 radical (unpaired) electrons. The summed E-state index contributed by atoms with van der Waals surface area (Å²) >= 11 is 0. The monoisotopic (exact) mass is 276 g/mol. The summed E-state index contributed by atoms with van der Waals surface area (Å²) in [5.74, 6) is -1.46. The predicted octanol–water partition coefficient (Wildman–Crippen LogP) is 2.19. The fourth-order valence-corrected chi connectivity index (χ4v) is 2.65. The molecule has 1 fully saturated rings. The minimum atomic E-state index is -0.797. The van der Waals surface area contributed by atoms with Gasteiger partial charge in [0.15, 0.2) is 0 Å². The molecule has 0 aromatic heterocycles. The van der Waals surface area contributed by atoms with Gasteiger partial charge in [0.05, 0.1) is 17.3 Å². The molecule has 1 saturated carbocycles. The Morgan fingerprint density at radius 1 is 1.20 bits per heavy atom. The zero-order valence-corrected chi connectivity index (χ0v) is 11.8. The van der Waals surface area contributed by atoms with Gasteiger partial charge in [0, 0.05) is 20.0 Å². The maximum absolute atomic E-state index is 12.2. The molecule has 1 aromatic rings. The highest BCUT2D eigenvalue weighted by Gasteiger charge is 2.33. The minimum absolute atomic E-state index is 0.0805. The third-order valence-electron chi connectivity index (χ3n) is 3.80. The molecule has 0 bridgehead atoms. The summed E-state index contributed by atoms with van der Waals surface area (Å²) in [6, 6.07) is 7.58. The minimum Gasteiger partial charge on any atom is -0.481 e. The Balaban J connectivity index is 2.04. The zero-order chi connectivity index (χ0) is 14.7. The number of hydrogen-bond acceptors (Lipinski definition) is 3. The molecule has 20 heavy (non-hydrogen) atoms. The summed E-state index contributed by atoms with van der Waals surface area (Å²) < 4.78 is 0. The molecular formula is C15H20N2O3. The summed E-state index contributed by atoms with van der Waals surface area (Å²) in [5, 5.41) is 11.9. The molecule has 0 spiro atoms. The van der Waals surface area contributed by atoms with Crippen LogP contribution in [0.2, 0.25) is 0 Å². The van der Waals surface area contributed by atoms with E-state index in [9.17, 15) is 9.59 Å². The first-order valence-corrected chi connectivity index (χ1v) is 6.79. The summed E-state index contributed by atoms with van der Waals surface area (Å²) in [5.41, 5.74) is 1.70. The van der Waals surface area contributed by atoms with E-state index in [2.05, 4.69) is 5.32 Å². The Bertz CT molecular complexity index is 514. The average molecular weight is 276 g/mol. The van der Waals surface area contributed by atoms with Crippen molar-refractivity contribution < 1.29 is 14.7 Å². The molecule has 0 unspecified atom stereocenters. The molecule has 2 rings (SSSR count). The predicted molar refractivity (Wildman–Crippen MR) is 77.9 cm³/mol. The molecular weight excluding hydrogens is 256 g/mol. The lowest BCUT2D eigenvalue weighted by atomic mass is 10.0. The lowest BCUT2D eigenvalue weighted by Crippen LogP contribution is -2.23. The second-order valence-corrected chi connectivity index (χ2v) is 5.45. The number of hydrogen-bond donors (Lipinski definition) is 2. The first kappa shape index (κ1) is 14.4. The molecule has 0 heterocycles. The third-order valence-corrected chi connectivity index (χ3v) is 3.80. The number of carbonyl (C=O) groups is 2. The molecule has 2 atom stereocenters. The number of amides is 1. The van der Waals surface area contributed by atoms with E-state index < -0.39 is 5.97 Å². The van der Waals surface area contributed by atoms with Gasteiger partial charge in [0.25, 0.3) is 0 Å². The van der Waals surface area contributed by atoms with E-state index in [0.29, 0.717) is 19.3 Å². The molecule has 5 heteroatoms. The van der Waals surface area contributed by atoms with Crippen LogP contribution in [0.15, 0.2) is 24.3 Å². The normalized spacial score (nSPS) is 21.5. The van der Waals surface area contributed by atoms with Gasteiger partial charge in [-0.3, -0.25) is 9.59 Å². The highest BCUT2D eigenvalue weighted by Crippen LogP contribution is 2.33. The van der Waals surface area contributed by atoms with E-state index in [0.717, 1.165) is 11.4 Å². The van der Waals surface area contributed by atoms with Gasteiger partial charge in [-0.25, -0.2) is 0 Å². The molecule has 0 saturated heterocycles. The van der Waals surface area contributed by atoms with Crippen molar-refractivity contribution in [1.82, 2.24) is 0 Å². The molecule has 108 valence electrons. The van der Waals surface area contributed by atoms with Crippen LogP contribution in [0.1, 0.15) is 19.3 Å². The van der Waals surface area contributed by atoms with Gasteiger partial charge < -0.3 is 15.3 Å². The molecule has 1 aromatic carbocycles. The molecule has 1 aliphatic carbocycles. The van der Waals surface area contributed by atoms with Gasteiger partial charge in [-0.1, -0.05) is 12.1 Å². The second kappa shape index (κ2) is 5.94. The van der Waals surface area contributed by atoms with Crippen LogP contribution >= 0.6 is 0 Å². The van der Waals surface area contributed by atoms with Crippen molar-refractivity contribution >= 4 is 23.3 Å². The number of para-hydroxylation sites is 2. The van der Waals surface area contributed by atoms with Gasteiger partial charge >= 0.3 is 5.97 Å². The Labute approximate surface area is 118 Å². The van der Waals surface area contributed by atoms with Crippen LogP contribution in [0.5, 0.6) is 0 Å². The number of benzene rings is 1. The summed E-state index contributed by atoms with van der Waals surface area (Å²) in [4.78, 5) is 25.1. The highest BCUT2D eigenvalue weighted by molar-refractivity contribution is 5.96. The standard InChI is InChI=1S/C15H20N2O3/c1-17(2)13-6-4-3-5-12(13)16-14(18)10-7-8-11(9-10)15(19)20/h3-6,10-11H,7-9H2,1-2H3,(H,16,18)(H,19,20)/t10-,11+/m1/s1. The van der Waals surface area contributed by atoms with E-state index in [4.69, 9.17) is 5.11 Å². The maximum Gasteiger partial charge on any atom is 0.306 e. The SMILES string of the molecule is CN(C)c1ccccc1NC(=O)[C@@H]1CC[C@H](C(=O)O)C1. The van der Waals surface area contributed by atoms with Crippen LogP contribution in [-0.2, 0) is 9.59 Å². The Morgan fingerprint density at radius 3 is 2.45 bits per heavy atom. The van der Waals surface area contributed by atoms with Crippen LogP contribution in [0.3, 0.4) is 0 Å². The van der Waals surface area contributed by atoms with Crippen molar-refractivity contribution in [1.29, 1.82) is 0 Å². The van der Waals surface area contributed by atoms with Gasteiger partial charge in [-0.2, -0.15) is 0 Å². The van der Waals surface area contributed by atoms with E-state index >= 15 is 0 Å². The third kappa shape index (κ3) is 3.10. The van der Waals surface area contributed by atoms with Crippen molar-refractivity contribution in [3.63, 3.8) is 0 Å². The average Bonchev–Trinajstić information content (AvgIpc) is 2.89. The lowest BCUT2D eigenvalue weighted by molar-refractivity contribution is -0.141. The number of anilines is 2. The van der Waals surface area contributed by atoms with Crippen molar-refractivity contribution in [2.24, 2.45) is 11.8 Å². The Hall–Kier alpha value is -2.04. The van der Waals surface area contributed by atoms with E-state index in [-0.39, 0.29) is 17.7 Å². The Morgan fingerprint density at radius 2 is 1.85 bits per heavy atom. The summed E-state index contributed by atoms with van der Waals surface area (Å²) in [6.45, 7) is 0. The number of nitrogens with zero attached hydrogens (tertiary/aromatic N) is 1. The Kier molecular flexibility index (Phi) is 4.27. The number of nitrogens with one attached hydrogen (secondary N) is 1. The first-order chi connectivity index (χ1) is 9.49. The largest absolute Gasteiger partial charge is 0.481 e. The maximum atomic E-state index is 12.2. The van der Waals surface area contributed by atoms with Crippen molar-refractivity contribution in [2.45, 2.75) is 19.3 Å². The van der Waals surface area contributed by atoms with Crippen LogP contribution in [0.25, 0.3) is 0 Å². The molecule has 1 aliphatic rings. The number of aliphatic carboxylic acids is 1. The lowest BCUT2D eigenvalue weighted by Gasteiger charge is -2.19. The van der Waals surface area contributed by atoms with Gasteiger partial charge in [0.1, 0.15) is 0 Å². The van der Waals surface area contributed by atoms with Gasteiger partial charge in [0.2, 0.25) is 5.91 Å². The number of carboxylic acid groups (broad SMARTS) is 1. The van der Waals surface area contributed by atoms with Crippen molar-refractivity contribution in [2.75, 3.05) is 24.3 Å². The van der Waals surface area contributed by atoms with E-state index in [1.807, 2.05) is 43.3 Å². The zero-order valence-electron chi connectivity index (χ0n) is 11.8. The van der Waals surface area contributed by atoms with Gasteiger partial charge in [-0.05, 0) is 31.4 Å². The second-order valence-electron chi connectivity index (χ2n) is 5.45. The molecule has 0 aliphatic heterocycles. The van der Waals surface area contributed by atoms with Crippen LogP contribution < -0.4 is 10.2 Å². The quantitative estimate of drug-likeness (QED) is 0.884. The number of rotatable bonds is 4. The fraction of sp³-hybridized carbons (Fsp3) is 0.467. The van der Waals surface area contributed by atoms with Crippen molar-refractivity contribution in [3.05, 3.63) is 24.3 Å². The topological polar surface area (TPSA) is 69.6 Å². The van der Waals surface area contributed by atoms with Gasteiger partial charge in [-0.15, -0.1) is 0 Å². The van der Waals surface area contributed by atoms with E-state index in [1.165, 1.54) is 0 Å². The highest BCUT2D eigenvalue weighted by atomic mass is 16.4. The van der Waals surface area contributed by atoms with Crippen LogP contribution in [0.4, 0.5) is 11.4 Å². The van der Waals surface area contributed by atoms with Crippen LogP contribution in [0, 0.1) is 11.8 Å². The number of carboxylic acids is 1.